The number of hydrogen-bond acceptors (Lipinski definition) is 4. The molecule has 1 N–H and O–H groups in total. The van der Waals surface area contributed by atoms with Gasteiger partial charge in [-0.25, -0.2) is 13.1 Å². The second-order valence-electron chi connectivity index (χ2n) is 6.54. The molecule has 22 heavy (non-hydrogen) atoms. The molecule has 2 fully saturated rings. The Labute approximate surface area is 138 Å². The van der Waals surface area contributed by atoms with E-state index in [-0.39, 0.29) is 6.04 Å². The molecule has 0 aromatic carbocycles. The van der Waals surface area contributed by atoms with Crippen LogP contribution in [0.5, 0.6) is 0 Å². The number of likely N-dealkylation sites (tertiary alicyclic amines) is 1. The number of nitrogens with zero attached hydrogens (tertiary/aromatic N) is 1. The van der Waals surface area contributed by atoms with Crippen molar-refractivity contribution < 1.29 is 8.42 Å². The molecule has 1 saturated carbocycles. The minimum atomic E-state index is -3.37. The fraction of sp³-hybridized carbons (Fsp3) is 0.750. The Morgan fingerprint density at radius 3 is 2.50 bits per heavy atom. The van der Waals surface area contributed by atoms with Crippen molar-refractivity contribution in [3.63, 3.8) is 0 Å². The number of nitrogens with one attached hydrogen (secondary N) is 1. The molecule has 0 amide bonds. The molecule has 4 nitrogen and oxygen atoms in total. The van der Waals surface area contributed by atoms with Crippen molar-refractivity contribution in [1.82, 2.24) is 9.62 Å². The highest BCUT2D eigenvalue weighted by Crippen LogP contribution is 2.28. The zero-order valence-corrected chi connectivity index (χ0v) is 14.9. The van der Waals surface area contributed by atoms with E-state index in [2.05, 4.69) is 9.62 Å². The molecular weight excluding hydrogens is 316 g/mol. The molecule has 1 saturated heterocycles. The normalized spacial score (nSPS) is 27.9. The molecule has 1 aliphatic heterocycles. The van der Waals surface area contributed by atoms with Crippen molar-refractivity contribution in [2.24, 2.45) is 0 Å². The maximum atomic E-state index is 12.6. The highest BCUT2D eigenvalue weighted by atomic mass is 32.2. The van der Waals surface area contributed by atoms with Gasteiger partial charge in [0.05, 0.1) is 0 Å². The first kappa shape index (κ1) is 16.4. The van der Waals surface area contributed by atoms with Crippen LogP contribution in [0.15, 0.2) is 16.3 Å². The van der Waals surface area contributed by atoms with Gasteiger partial charge >= 0.3 is 0 Å². The summed E-state index contributed by atoms with van der Waals surface area (Å²) in [5.41, 5.74) is 0. The minimum Gasteiger partial charge on any atom is -0.299 e. The molecule has 2 atom stereocenters. The summed E-state index contributed by atoms with van der Waals surface area (Å²) < 4.78 is 28.7. The molecule has 0 bridgehead atoms. The van der Waals surface area contributed by atoms with Gasteiger partial charge in [-0.05, 0) is 57.8 Å². The second kappa shape index (κ2) is 6.99. The largest absolute Gasteiger partial charge is 0.299 e. The molecule has 0 radical (unpaired) electrons. The number of piperidine rings is 1. The van der Waals surface area contributed by atoms with E-state index in [9.17, 15) is 8.42 Å². The molecule has 0 unspecified atom stereocenters. The fourth-order valence-corrected chi connectivity index (χ4v) is 6.35. The van der Waals surface area contributed by atoms with Crippen LogP contribution < -0.4 is 4.72 Å². The van der Waals surface area contributed by atoms with Gasteiger partial charge in [0, 0.05) is 17.0 Å². The van der Waals surface area contributed by atoms with E-state index in [1.807, 2.05) is 13.0 Å². The van der Waals surface area contributed by atoms with Crippen LogP contribution in [0.25, 0.3) is 0 Å². The number of sulfonamides is 1. The fourth-order valence-electron chi connectivity index (χ4n) is 3.75. The summed E-state index contributed by atoms with van der Waals surface area (Å²) in [4.78, 5) is 3.56. The van der Waals surface area contributed by atoms with E-state index in [1.165, 1.54) is 37.0 Å². The van der Waals surface area contributed by atoms with Crippen LogP contribution >= 0.6 is 11.3 Å². The van der Waals surface area contributed by atoms with E-state index >= 15 is 0 Å². The first-order valence-electron chi connectivity index (χ1n) is 8.39. The lowest BCUT2D eigenvalue weighted by Gasteiger charge is -2.41. The summed E-state index contributed by atoms with van der Waals surface area (Å²) in [6.07, 6.45) is 8.24. The molecule has 1 aromatic heterocycles. The third kappa shape index (κ3) is 3.72. The van der Waals surface area contributed by atoms with Crippen molar-refractivity contribution in [2.75, 3.05) is 13.1 Å². The lowest BCUT2D eigenvalue weighted by molar-refractivity contribution is 0.109. The third-order valence-electron chi connectivity index (χ3n) is 4.88. The van der Waals surface area contributed by atoms with E-state index in [1.54, 1.807) is 6.07 Å². The van der Waals surface area contributed by atoms with Gasteiger partial charge < -0.3 is 0 Å². The van der Waals surface area contributed by atoms with Crippen molar-refractivity contribution in [2.45, 2.75) is 68.2 Å². The van der Waals surface area contributed by atoms with Crippen molar-refractivity contribution in [3.05, 3.63) is 17.0 Å². The van der Waals surface area contributed by atoms with E-state index in [0.29, 0.717) is 10.3 Å². The van der Waals surface area contributed by atoms with Gasteiger partial charge in [-0.1, -0.05) is 19.3 Å². The molecule has 2 heterocycles. The van der Waals surface area contributed by atoms with Crippen molar-refractivity contribution >= 4 is 21.4 Å². The second-order valence-corrected chi connectivity index (χ2v) is 9.77. The number of aryl methyl sites for hydroxylation is 1. The van der Waals surface area contributed by atoms with E-state index < -0.39 is 10.0 Å². The highest BCUT2D eigenvalue weighted by molar-refractivity contribution is 7.91. The van der Waals surface area contributed by atoms with Gasteiger partial charge in [0.2, 0.25) is 10.0 Å². The summed E-state index contributed by atoms with van der Waals surface area (Å²) in [5, 5.41) is 0. The van der Waals surface area contributed by atoms with Crippen molar-refractivity contribution in [1.29, 1.82) is 0 Å². The molecule has 1 aromatic rings. The lowest BCUT2D eigenvalue weighted by atomic mass is 9.89. The predicted molar refractivity (Wildman–Crippen MR) is 90.8 cm³/mol. The number of thiophene rings is 1. The van der Waals surface area contributed by atoms with Gasteiger partial charge in [-0.2, -0.15) is 0 Å². The maximum Gasteiger partial charge on any atom is 0.250 e. The summed E-state index contributed by atoms with van der Waals surface area (Å²) in [6, 6.07) is 4.05. The van der Waals surface area contributed by atoms with Crippen LogP contribution in [0.1, 0.15) is 49.8 Å². The van der Waals surface area contributed by atoms with Crippen LogP contribution in [0.4, 0.5) is 0 Å². The quantitative estimate of drug-likeness (QED) is 0.914. The Bertz CT molecular complexity index is 591. The predicted octanol–water partition coefficient (Wildman–Crippen LogP) is 3.13. The van der Waals surface area contributed by atoms with Crippen LogP contribution in [-0.4, -0.2) is 38.5 Å². The van der Waals surface area contributed by atoms with Crippen LogP contribution in [-0.2, 0) is 10.0 Å². The Morgan fingerprint density at radius 1 is 1.09 bits per heavy atom. The third-order valence-corrected chi connectivity index (χ3v) is 7.86. The lowest BCUT2D eigenvalue weighted by Crippen LogP contribution is -2.54. The summed E-state index contributed by atoms with van der Waals surface area (Å²) >= 11 is 1.36. The zero-order valence-electron chi connectivity index (χ0n) is 13.3. The first-order chi connectivity index (χ1) is 10.6. The molecule has 6 heteroatoms. The Morgan fingerprint density at radius 2 is 1.82 bits per heavy atom. The monoisotopic (exact) mass is 342 g/mol. The Hall–Kier alpha value is -0.430. The SMILES string of the molecule is Cc1ccc(S(=O)(=O)N[C@H]2CCCC[C@@H]2N2CCCCC2)s1. The summed E-state index contributed by atoms with van der Waals surface area (Å²) in [5.74, 6) is 0. The standard InChI is InChI=1S/C16H26N2O2S2/c1-13-9-10-16(21-13)22(19,20)17-14-7-3-4-8-15(14)18-11-5-2-6-12-18/h9-10,14-15,17H,2-8,11-12H2,1H3/t14-,15-/m0/s1. The molecule has 2 aliphatic rings. The first-order valence-corrected chi connectivity index (χ1v) is 10.7. The summed E-state index contributed by atoms with van der Waals surface area (Å²) in [6.45, 7) is 4.20. The van der Waals surface area contributed by atoms with Crippen LogP contribution in [0.2, 0.25) is 0 Å². The molecule has 3 rings (SSSR count). The molecule has 124 valence electrons. The smallest absolute Gasteiger partial charge is 0.250 e. The van der Waals surface area contributed by atoms with Gasteiger partial charge in [-0.3, -0.25) is 4.90 Å². The topological polar surface area (TPSA) is 49.4 Å². The average Bonchev–Trinajstić information content (AvgIpc) is 2.96. The number of rotatable bonds is 4. The molecular formula is C16H26N2O2S2. The summed E-state index contributed by atoms with van der Waals surface area (Å²) in [7, 11) is -3.37. The van der Waals surface area contributed by atoms with Gasteiger partial charge in [0.25, 0.3) is 0 Å². The number of hydrogen-bond donors (Lipinski definition) is 1. The maximum absolute atomic E-state index is 12.6. The van der Waals surface area contributed by atoms with Gasteiger partial charge in [0.15, 0.2) is 0 Å². The average molecular weight is 343 g/mol. The Balaban J connectivity index is 1.73. The van der Waals surface area contributed by atoms with Crippen LogP contribution in [0, 0.1) is 6.92 Å². The van der Waals surface area contributed by atoms with Crippen molar-refractivity contribution in [3.8, 4) is 0 Å². The minimum absolute atomic E-state index is 0.0688. The zero-order chi connectivity index (χ0) is 15.6. The molecule has 0 spiro atoms. The van der Waals surface area contributed by atoms with E-state index in [4.69, 9.17) is 0 Å². The van der Waals surface area contributed by atoms with Crippen LogP contribution in [0.3, 0.4) is 0 Å². The van der Waals surface area contributed by atoms with E-state index in [0.717, 1.165) is 37.2 Å². The Kier molecular flexibility index (Phi) is 5.22. The van der Waals surface area contributed by atoms with Gasteiger partial charge in [-0.15, -0.1) is 11.3 Å². The highest BCUT2D eigenvalue weighted by Gasteiger charge is 2.34. The van der Waals surface area contributed by atoms with Gasteiger partial charge in [0.1, 0.15) is 4.21 Å². The molecule has 1 aliphatic carbocycles.